The van der Waals surface area contributed by atoms with E-state index >= 15 is 0 Å². The standard InChI is InChI=1S/C16H12N2O4/c19-17(20)9-15-11-5-1-2-6-12(11)16(10-18(21)22)14-8-4-3-7-13(14)15/h1-8H,9-10H2. The van der Waals surface area contributed by atoms with Crippen LogP contribution in [0.5, 0.6) is 0 Å². The summed E-state index contributed by atoms with van der Waals surface area (Å²) in [7, 11) is 0. The molecule has 0 saturated carbocycles. The predicted molar refractivity (Wildman–Crippen MR) is 82.9 cm³/mol. The highest BCUT2D eigenvalue weighted by molar-refractivity contribution is 6.05. The van der Waals surface area contributed by atoms with E-state index in [1.165, 1.54) is 0 Å². The maximum Gasteiger partial charge on any atom is 0.230 e. The molecule has 0 aliphatic rings. The Balaban J connectivity index is 2.47. The molecule has 0 spiro atoms. The normalized spacial score (nSPS) is 10.9. The van der Waals surface area contributed by atoms with Gasteiger partial charge in [0.15, 0.2) is 0 Å². The van der Waals surface area contributed by atoms with Crippen LogP contribution in [0.4, 0.5) is 0 Å². The highest BCUT2D eigenvalue weighted by Gasteiger charge is 2.18. The second kappa shape index (κ2) is 5.40. The molecule has 0 radical (unpaired) electrons. The van der Waals surface area contributed by atoms with E-state index < -0.39 is 0 Å². The first-order valence-corrected chi connectivity index (χ1v) is 6.72. The number of nitro groups is 2. The van der Waals surface area contributed by atoms with Gasteiger partial charge in [0, 0.05) is 21.0 Å². The minimum absolute atomic E-state index is 0.306. The first-order valence-electron chi connectivity index (χ1n) is 6.72. The first-order chi connectivity index (χ1) is 10.6. The Kier molecular flexibility index (Phi) is 3.42. The topological polar surface area (TPSA) is 86.3 Å². The molecule has 0 saturated heterocycles. The minimum Gasteiger partial charge on any atom is -0.264 e. The Morgan fingerprint density at radius 2 is 0.909 bits per heavy atom. The second-order valence-electron chi connectivity index (χ2n) is 5.03. The molecule has 0 aliphatic carbocycles. The van der Waals surface area contributed by atoms with E-state index in [2.05, 4.69) is 0 Å². The van der Waals surface area contributed by atoms with Gasteiger partial charge in [-0.15, -0.1) is 0 Å². The molecule has 0 aliphatic heterocycles. The number of hydrogen-bond donors (Lipinski definition) is 0. The summed E-state index contributed by atoms with van der Waals surface area (Å²) >= 11 is 0. The molecule has 0 unspecified atom stereocenters. The summed E-state index contributed by atoms with van der Waals surface area (Å²) in [6.07, 6.45) is 0. The lowest BCUT2D eigenvalue weighted by Gasteiger charge is -2.12. The van der Waals surface area contributed by atoms with Crippen molar-refractivity contribution >= 4 is 21.5 Å². The van der Waals surface area contributed by atoms with E-state index in [1.54, 1.807) is 48.5 Å². The molecule has 0 atom stereocenters. The van der Waals surface area contributed by atoms with Gasteiger partial charge in [0.25, 0.3) is 0 Å². The molecule has 110 valence electrons. The quantitative estimate of drug-likeness (QED) is 0.418. The van der Waals surface area contributed by atoms with Crippen LogP contribution in [-0.2, 0) is 13.1 Å². The monoisotopic (exact) mass is 296 g/mol. The first kappa shape index (κ1) is 13.9. The highest BCUT2D eigenvalue weighted by atomic mass is 16.6. The Morgan fingerprint density at radius 1 is 0.636 bits per heavy atom. The fraction of sp³-hybridized carbons (Fsp3) is 0.125. The molecular formula is C16H12N2O4. The molecule has 0 heterocycles. The van der Waals surface area contributed by atoms with Crippen molar-refractivity contribution in [3.8, 4) is 0 Å². The molecule has 6 heteroatoms. The van der Waals surface area contributed by atoms with E-state index in [4.69, 9.17) is 0 Å². The summed E-state index contributed by atoms with van der Waals surface area (Å²) in [6, 6.07) is 14.3. The molecule has 3 aromatic carbocycles. The third kappa shape index (κ3) is 2.35. The fourth-order valence-electron chi connectivity index (χ4n) is 2.91. The predicted octanol–water partition coefficient (Wildman–Crippen LogP) is 3.55. The van der Waals surface area contributed by atoms with Gasteiger partial charge >= 0.3 is 0 Å². The Hall–Kier alpha value is -3.02. The van der Waals surface area contributed by atoms with Crippen LogP contribution in [-0.4, -0.2) is 9.85 Å². The lowest BCUT2D eigenvalue weighted by Crippen LogP contribution is -2.05. The fourth-order valence-corrected chi connectivity index (χ4v) is 2.91. The number of fused-ring (bicyclic) bond motifs is 2. The lowest BCUT2D eigenvalue weighted by molar-refractivity contribution is -0.496. The minimum atomic E-state index is -0.374. The third-order valence-corrected chi connectivity index (χ3v) is 3.73. The Bertz CT molecular complexity index is 774. The second-order valence-corrected chi connectivity index (χ2v) is 5.03. The molecule has 0 N–H and O–H groups in total. The highest BCUT2D eigenvalue weighted by Crippen LogP contribution is 2.33. The van der Waals surface area contributed by atoms with E-state index in [-0.39, 0.29) is 22.9 Å². The molecule has 3 rings (SSSR count). The third-order valence-electron chi connectivity index (χ3n) is 3.73. The summed E-state index contributed by atoms with van der Waals surface area (Å²) in [6.45, 7) is -0.612. The van der Waals surface area contributed by atoms with E-state index in [1.807, 2.05) is 0 Å². The van der Waals surface area contributed by atoms with Crippen molar-refractivity contribution in [3.05, 3.63) is 79.9 Å². The van der Waals surface area contributed by atoms with Crippen LogP contribution >= 0.6 is 0 Å². The van der Waals surface area contributed by atoms with E-state index in [9.17, 15) is 20.2 Å². The SMILES string of the molecule is O=[N+]([O-])Cc1c2ccccc2c(C[N+](=O)[O-])c2ccccc12. The largest absolute Gasteiger partial charge is 0.264 e. The van der Waals surface area contributed by atoms with Crippen molar-refractivity contribution in [1.29, 1.82) is 0 Å². The van der Waals surface area contributed by atoms with Crippen molar-refractivity contribution in [2.75, 3.05) is 0 Å². The van der Waals surface area contributed by atoms with Crippen LogP contribution in [0.3, 0.4) is 0 Å². The van der Waals surface area contributed by atoms with Gasteiger partial charge in [-0.3, -0.25) is 20.2 Å². The number of rotatable bonds is 4. The van der Waals surface area contributed by atoms with Gasteiger partial charge in [-0.05, 0) is 21.5 Å². The molecule has 22 heavy (non-hydrogen) atoms. The number of hydrogen-bond acceptors (Lipinski definition) is 4. The van der Waals surface area contributed by atoms with Crippen molar-refractivity contribution in [2.24, 2.45) is 0 Å². The van der Waals surface area contributed by atoms with Crippen LogP contribution < -0.4 is 0 Å². The summed E-state index contributed by atoms with van der Waals surface area (Å²) < 4.78 is 0. The van der Waals surface area contributed by atoms with Crippen LogP contribution in [0.25, 0.3) is 21.5 Å². The Labute approximate surface area is 125 Å². The molecule has 0 aromatic heterocycles. The van der Waals surface area contributed by atoms with Gasteiger partial charge in [0.2, 0.25) is 13.1 Å². The molecule has 3 aromatic rings. The smallest absolute Gasteiger partial charge is 0.230 e. The average molecular weight is 296 g/mol. The zero-order valence-corrected chi connectivity index (χ0v) is 11.6. The molecule has 6 nitrogen and oxygen atoms in total. The van der Waals surface area contributed by atoms with Gasteiger partial charge in [-0.1, -0.05) is 48.5 Å². The molecule has 0 fully saturated rings. The van der Waals surface area contributed by atoms with E-state index in [0.717, 1.165) is 0 Å². The number of nitrogens with zero attached hydrogens (tertiary/aromatic N) is 2. The maximum atomic E-state index is 11.0. The van der Waals surface area contributed by atoms with Gasteiger partial charge in [-0.25, -0.2) is 0 Å². The molecule has 0 amide bonds. The summed E-state index contributed by atoms with van der Waals surface area (Å²) in [5, 5.41) is 24.8. The van der Waals surface area contributed by atoms with Gasteiger partial charge in [0.05, 0.1) is 0 Å². The Morgan fingerprint density at radius 3 is 1.14 bits per heavy atom. The van der Waals surface area contributed by atoms with E-state index in [0.29, 0.717) is 32.7 Å². The molecule has 0 bridgehead atoms. The van der Waals surface area contributed by atoms with Crippen LogP contribution in [0.2, 0.25) is 0 Å². The maximum absolute atomic E-state index is 11.0. The zero-order valence-electron chi connectivity index (χ0n) is 11.6. The van der Waals surface area contributed by atoms with Crippen LogP contribution in [0.15, 0.2) is 48.5 Å². The van der Waals surface area contributed by atoms with Crippen molar-refractivity contribution in [3.63, 3.8) is 0 Å². The van der Waals surface area contributed by atoms with Crippen molar-refractivity contribution < 1.29 is 9.85 Å². The van der Waals surface area contributed by atoms with Crippen LogP contribution in [0, 0.1) is 20.2 Å². The summed E-state index contributed by atoms with van der Waals surface area (Å²) in [5.41, 5.74) is 1.20. The molecular weight excluding hydrogens is 284 g/mol. The van der Waals surface area contributed by atoms with Gasteiger partial charge in [0.1, 0.15) is 0 Å². The van der Waals surface area contributed by atoms with Gasteiger partial charge in [-0.2, -0.15) is 0 Å². The summed E-state index contributed by atoms with van der Waals surface area (Å²) in [4.78, 5) is 21.3. The van der Waals surface area contributed by atoms with Crippen molar-refractivity contribution in [1.82, 2.24) is 0 Å². The van der Waals surface area contributed by atoms with Gasteiger partial charge < -0.3 is 0 Å². The average Bonchev–Trinajstić information content (AvgIpc) is 2.50. The summed E-state index contributed by atoms with van der Waals surface area (Å²) in [5.74, 6) is 0. The van der Waals surface area contributed by atoms with Crippen LogP contribution in [0.1, 0.15) is 11.1 Å². The van der Waals surface area contributed by atoms with Crippen molar-refractivity contribution in [2.45, 2.75) is 13.1 Å². The lowest BCUT2D eigenvalue weighted by atomic mass is 9.91. The zero-order chi connectivity index (χ0) is 15.7. The number of benzene rings is 3.